The van der Waals surface area contributed by atoms with Gasteiger partial charge in [0.15, 0.2) is 0 Å². The molecule has 1 rings (SSSR count). The van der Waals surface area contributed by atoms with Crippen molar-refractivity contribution in [2.75, 3.05) is 6.61 Å². The summed E-state index contributed by atoms with van der Waals surface area (Å²) in [6.07, 6.45) is 14.8. The van der Waals surface area contributed by atoms with Crippen molar-refractivity contribution in [2.45, 2.75) is 77.6 Å². The van der Waals surface area contributed by atoms with Gasteiger partial charge in [0.25, 0.3) is 0 Å². The highest BCUT2D eigenvalue weighted by Gasteiger charge is 2.02. The molecule has 0 spiro atoms. The summed E-state index contributed by atoms with van der Waals surface area (Å²) in [5.41, 5.74) is 1.53. The van der Waals surface area contributed by atoms with Crippen molar-refractivity contribution in [3.63, 3.8) is 0 Å². The second-order valence-corrected chi connectivity index (χ2v) is 5.39. The third-order valence-corrected chi connectivity index (χ3v) is 3.56. The van der Waals surface area contributed by atoms with Gasteiger partial charge in [0.1, 0.15) is 0 Å². The Morgan fingerprint density at radius 3 is 2.44 bits per heavy atom. The van der Waals surface area contributed by atoms with Crippen LogP contribution in [-0.4, -0.2) is 12.6 Å². The van der Waals surface area contributed by atoms with Gasteiger partial charge < -0.3 is 4.74 Å². The predicted molar refractivity (Wildman–Crippen MR) is 75.5 cm³/mol. The summed E-state index contributed by atoms with van der Waals surface area (Å²) in [6.45, 7) is 2.85. The molecule has 0 unspecified atom stereocenters. The summed E-state index contributed by atoms with van der Waals surface area (Å²) in [4.78, 5) is 11.4. The minimum absolute atomic E-state index is 0.00169. The standard InChI is InChI=1S/C16H28O2/c1-15-11-7-4-2-3-5-9-13-16(17)18-14-10-6-8-12-15/h11H,2-10,12-14H2,1H3/b15-11-. The Balaban J connectivity index is 2.27. The number of esters is 1. The molecule has 18 heavy (non-hydrogen) atoms. The van der Waals surface area contributed by atoms with Gasteiger partial charge in [0.2, 0.25) is 0 Å². The Morgan fingerprint density at radius 2 is 1.56 bits per heavy atom. The smallest absolute Gasteiger partial charge is 0.305 e. The van der Waals surface area contributed by atoms with Crippen LogP contribution in [0.5, 0.6) is 0 Å². The van der Waals surface area contributed by atoms with Gasteiger partial charge in [-0.2, -0.15) is 0 Å². The zero-order valence-corrected chi connectivity index (χ0v) is 11.9. The zero-order valence-electron chi connectivity index (χ0n) is 11.9. The highest BCUT2D eigenvalue weighted by atomic mass is 16.5. The normalized spacial score (nSPS) is 24.9. The van der Waals surface area contributed by atoms with Crippen LogP contribution in [0.1, 0.15) is 77.6 Å². The maximum Gasteiger partial charge on any atom is 0.305 e. The Morgan fingerprint density at radius 1 is 0.889 bits per heavy atom. The summed E-state index contributed by atoms with van der Waals surface area (Å²) in [6, 6.07) is 0. The molecule has 1 aliphatic rings. The maximum atomic E-state index is 11.4. The molecule has 0 N–H and O–H groups in total. The van der Waals surface area contributed by atoms with E-state index in [1.165, 1.54) is 50.5 Å². The number of carbonyl (C=O) groups excluding carboxylic acids is 1. The molecule has 2 nitrogen and oxygen atoms in total. The Labute approximate surface area is 112 Å². The van der Waals surface area contributed by atoms with Gasteiger partial charge in [-0.3, -0.25) is 4.79 Å². The highest BCUT2D eigenvalue weighted by Crippen LogP contribution is 2.13. The van der Waals surface area contributed by atoms with E-state index in [-0.39, 0.29) is 5.97 Å². The lowest BCUT2D eigenvalue weighted by Crippen LogP contribution is -2.05. The molecule has 0 aromatic heterocycles. The SMILES string of the molecule is C/C1=C/CCCCCCCC(=O)OCCCCC1. The zero-order chi connectivity index (χ0) is 13.1. The van der Waals surface area contributed by atoms with E-state index < -0.39 is 0 Å². The third kappa shape index (κ3) is 8.32. The van der Waals surface area contributed by atoms with E-state index in [9.17, 15) is 4.79 Å². The van der Waals surface area contributed by atoms with Gasteiger partial charge >= 0.3 is 5.97 Å². The molecule has 0 radical (unpaired) electrons. The van der Waals surface area contributed by atoms with Gasteiger partial charge in [0.05, 0.1) is 6.61 Å². The van der Waals surface area contributed by atoms with Crippen molar-refractivity contribution in [1.29, 1.82) is 0 Å². The second kappa shape index (κ2) is 10.2. The van der Waals surface area contributed by atoms with Crippen molar-refractivity contribution < 1.29 is 9.53 Å². The van der Waals surface area contributed by atoms with Crippen LogP contribution in [0.25, 0.3) is 0 Å². The van der Waals surface area contributed by atoms with E-state index >= 15 is 0 Å². The Kier molecular flexibility index (Phi) is 8.62. The van der Waals surface area contributed by atoms with Gasteiger partial charge in [-0.15, -0.1) is 0 Å². The molecule has 2 heteroatoms. The number of hydrogen-bond acceptors (Lipinski definition) is 2. The van der Waals surface area contributed by atoms with E-state index in [2.05, 4.69) is 13.0 Å². The molecular weight excluding hydrogens is 224 g/mol. The minimum Gasteiger partial charge on any atom is -0.466 e. The van der Waals surface area contributed by atoms with Crippen molar-refractivity contribution in [3.8, 4) is 0 Å². The molecule has 0 atom stereocenters. The average Bonchev–Trinajstić information content (AvgIpc) is 2.35. The van der Waals surface area contributed by atoms with Gasteiger partial charge in [-0.1, -0.05) is 30.9 Å². The molecule has 0 fully saturated rings. The van der Waals surface area contributed by atoms with Gasteiger partial charge in [-0.05, 0) is 51.9 Å². The monoisotopic (exact) mass is 252 g/mol. The molecule has 0 bridgehead atoms. The van der Waals surface area contributed by atoms with Gasteiger partial charge in [0, 0.05) is 6.42 Å². The van der Waals surface area contributed by atoms with E-state index in [1.807, 2.05) is 0 Å². The number of hydrogen-bond donors (Lipinski definition) is 0. The molecule has 0 amide bonds. The van der Waals surface area contributed by atoms with Crippen molar-refractivity contribution >= 4 is 5.97 Å². The van der Waals surface area contributed by atoms with Crippen molar-refractivity contribution in [1.82, 2.24) is 0 Å². The summed E-state index contributed by atoms with van der Waals surface area (Å²) < 4.78 is 5.22. The summed E-state index contributed by atoms with van der Waals surface area (Å²) >= 11 is 0. The van der Waals surface area contributed by atoms with Crippen LogP contribution >= 0.6 is 0 Å². The fraction of sp³-hybridized carbons (Fsp3) is 0.812. The largest absolute Gasteiger partial charge is 0.466 e. The second-order valence-electron chi connectivity index (χ2n) is 5.39. The Bertz CT molecular complexity index is 256. The highest BCUT2D eigenvalue weighted by molar-refractivity contribution is 5.69. The van der Waals surface area contributed by atoms with E-state index in [1.54, 1.807) is 0 Å². The van der Waals surface area contributed by atoms with E-state index in [0.717, 1.165) is 19.3 Å². The molecule has 0 saturated carbocycles. The van der Waals surface area contributed by atoms with E-state index in [4.69, 9.17) is 4.74 Å². The number of cyclic esters (lactones) is 1. The topological polar surface area (TPSA) is 26.3 Å². The third-order valence-electron chi connectivity index (χ3n) is 3.56. The van der Waals surface area contributed by atoms with Crippen molar-refractivity contribution in [3.05, 3.63) is 11.6 Å². The van der Waals surface area contributed by atoms with Crippen LogP contribution in [-0.2, 0) is 9.53 Å². The van der Waals surface area contributed by atoms with Crippen LogP contribution in [0, 0.1) is 0 Å². The quantitative estimate of drug-likeness (QED) is 0.458. The molecule has 104 valence electrons. The molecule has 0 aromatic rings. The number of ether oxygens (including phenoxy) is 1. The summed E-state index contributed by atoms with van der Waals surface area (Å²) in [7, 11) is 0. The number of carbonyl (C=O) groups is 1. The minimum atomic E-state index is -0.00169. The molecule has 0 aromatic carbocycles. The lowest BCUT2D eigenvalue weighted by atomic mass is 10.0. The first-order valence-electron chi connectivity index (χ1n) is 7.60. The lowest BCUT2D eigenvalue weighted by molar-refractivity contribution is -0.143. The van der Waals surface area contributed by atoms with Crippen LogP contribution in [0.2, 0.25) is 0 Å². The number of allylic oxidation sites excluding steroid dienone is 2. The number of rotatable bonds is 0. The molecule has 1 aliphatic heterocycles. The van der Waals surface area contributed by atoms with Gasteiger partial charge in [-0.25, -0.2) is 0 Å². The van der Waals surface area contributed by atoms with Crippen LogP contribution < -0.4 is 0 Å². The first-order valence-corrected chi connectivity index (χ1v) is 7.60. The molecule has 0 saturated heterocycles. The first-order chi connectivity index (χ1) is 8.79. The molecular formula is C16H28O2. The van der Waals surface area contributed by atoms with Crippen LogP contribution in [0.4, 0.5) is 0 Å². The first kappa shape index (κ1) is 15.3. The van der Waals surface area contributed by atoms with Crippen molar-refractivity contribution in [2.24, 2.45) is 0 Å². The molecule has 1 heterocycles. The summed E-state index contributed by atoms with van der Waals surface area (Å²) in [5.74, 6) is -0.00169. The fourth-order valence-electron chi connectivity index (χ4n) is 2.34. The Hall–Kier alpha value is -0.790. The predicted octanol–water partition coefficient (Wildman–Crippen LogP) is 4.78. The maximum absolute atomic E-state index is 11.4. The lowest BCUT2D eigenvalue weighted by Gasteiger charge is -2.06. The summed E-state index contributed by atoms with van der Waals surface area (Å²) in [5, 5.41) is 0. The average molecular weight is 252 g/mol. The van der Waals surface area contributed by atoms with Crippen LogP contribution in [0.15, 0.2) is 11.6 Å². The fourth-order valence-corrected chi connectivity index (χ4v) is 2.34. The van der Waals surface area contributed by atoms with E-state index in [0.29, 0.717) is 13.0 Å². The molecule has 0 aliphatic carbocycles. The van der Waals surface area contributed by atoms with Crippen LogP contribution in [0.3, 0.4) is 0 Å².